The van der Waals surface area contributed by atoms with Gasteiger partial charge in [-0.2, -0.15) is 0 Å². The second kappa shape index (κ2) is 5.39. The van der Waals surface area contributed by atoms with Crippen molar-refractivity contribution in [1.29, 1.82) is 0 Å². The molecule has 17 heavy (non-hydrogen) atoms. The molecule has 0 radical (unpaired) electrons. The summed E-state index contributed by atoms with van der Waals surface area (Å²) in [6.45, 7) is 7.29. The lowest BCUT2D eigenvalue weighted by atomic mass is 10.1. The average molecular weight is 227 g/mol. The highest BCUT2D eigenvalue weighted by molar-refractivity contribution is 5.35. The van der Waals surface area contributed by atoms with Gasteiger partial charge in [0.2, 0.25) is 0 Å². The smallest absolute Gasteiger partial charge is 0.161 e. The van der Waals surface area contributed by atoms with Gasteiger partial charge >= 0.3 is 0 Å². The molecule has 0 unspecified atom stereocenters. The summed E-state index contributed by atoms with van der Waals surface area (Å²) in [5.74, 6) is 0.984. The summed E-state index contributed by atoms with van der Waals surface area (Å²) in [5, 5.41) is 0. The Morgan fingerprint density at radius 3 is 3.00 bits per heavy atom. The zero-order chi connectivity index (χ0) is 12.1. The van der Waals surface area contributed by atoms with Crippen molar-refractivity contribution < 1.29 is 4.74 Å². The minimum atomic E-state index is 0.576. The van der Waals surface area contributed by atoms with Gasteiger partial charge in [0.25, 0.3) is 0 Å². The molecule has 1 aromatic carbocycles. The zero-order valence-corrected chi connectivity index (χ0v) is 10.1. The lowest BCUT2D eigenvalue weighted by molar-refractivity contribution is 0.132. The normalized spacial score (nSPS) is 15.6. The summed E-state index contributed by atoms with van der Waals surface area (Å²) in [5.41, 5.74) is 2.30. The first-order valence-electron chi connectivity index (χ1n) is 5.76. The zero-order valence-electron chi connectivity index (χ0n) is 10.1. The number of rotatable bonds is 3. The highest BCUT2D eigenvalue weighted by Gasteiger charge is 2.16. The maximum atomic E-state index is 5.71. The topological polar surface area (TPSA) is 12.5 Å². The van der Waals surface area contributed by atoms with E-state index in [0.29, 0.717) is 6.73 Å². The number of fused-ring (bicyclic) bond motifs is 1. The van der Waals surface area contributed by atoms with E-state index >= 15 is 0 Å². The van der Waals surface area contributed by atoms with E-state index in [1.54, 1.807) is 0 Å². The number of hydrogen-bond acceptors (Lipinski definition) is 2. The predicted octanol–water partition coefficient (Wildman–Crippen LogP) is 3.48. The molecule has 2 heteroatoms. The lowest BCUT2D eigenvalue weighted by Gasteiger charge is -2.31. The fourth-order valence-corrected chi connectivity index (χ4v) is 1.84. The highest BCUT2D eigenvalue weighted by atomic mass is 16.5. The molecule has 0 aliphatic carbocycles. The van der Waals surface area contributed by atoms with Crippen LogP contribution in [0.3, 0.4) is 0 Å². The fourth-order valence-electron chi connectivity index (χ4n) is 1.84. The van der Waals surface area contributed by atoms with Gasteiger partial charge in [0.1, 0.15) is 5.75 Å². The van der Waals surface area contributed by atoms with Crippen molar-refractivity contribution in [2.75, 3.05) is 6.73 Å². The predicted molar refractivity (Wildman–Crippen MR) is 70.6 cm³/mol. The van der Waals surface area contributed by atoms with Crippen molar-refractivity contribution in [3.05, 3.63) is 66.4 Å². The maximum absolute atomic E-state index is 5.71. The van der Waals surface area contributed by atoms with Crippen LogP contribution in [0.25, 0.3) is 0 Å². The molecular formula is C15H17NO. The number of ether oxygens (including phenoxy) is 1. The van der Waals surface area contributed by atoms with Crippen LogP contribution in [0, 0.1) is 0 Å². The molecular weight excluding hydrogens is 210 g/mol. The van der Waals surface area contributed by atoms with Gasteiger partial charge in [-0.15, -0.1) is 0 Å². The van der Waals surface area contributed by atoms with Crippen LogP contribution >= 0.6 is 0 Å². The van der Waals surface area contributed by atoms with Crippen molar-refractivity contribution >= 4 is 0 Å². The molecule has 0 fully saturated rings. The molecule has 0 saturated heterocycles. The third kappa shape index (κ3) is 2.59. The summed E-state index contributed by atoms with van der Waals surface area (Å²) >= 11 is 0. The van der Waals surface area contributed by atoms with Gasteiger partial charge in [0, 0.05) is 17.8 Å². The van der Waals surface area contributed by atoms with Crippen LogP contribution in [0.5, 0.6) is 5.75 Å². The monoisotopic (exact) mass is 227 g/mol. The van der Waals surface area contributed by atoms with Crippen LogP contribution in [-0.2, 0) is 6.54 Å². The van der Waals surface area contributed by atoms with Crippen LogP contribution in [0.4, 0.5) is 0 Å². The van der Waals surface area contributed by atoms with Crippen molar-refractivity contribution in [3.63, 3.8) is 0 Å². The van der Waals surface area contributed by atoms with Crippen LogP contribution in [-0.4, -0.2) is 11.6 Å². The molecule has 0 aromatic heterocycles. The van der Waals surface area contributed by atoms with Crippen molar-refractivity contribution in [2.24, 2.45) is 0 Å². The largest absolute Gasteiger partial charge is 0.473 e. The Bertz CT molecular complexity index is 460. The molecule has 1 aromatic rings. The molecule has 0 atom stereocenters. The molecule has 0 amide bonds. The summed E-state index contributed by atoms with van der Waals surface area (Å²) in [6.07, 6.45) is 7.92. The van der Waals surface area contributed by atoms with Crippen LogP contribution in [0.1, 0.15) is 12.5 Å². The van der Waals surface area contributed by atoms with Crippen molar-refractivity contribution in [1.82, 2.24) is 4.90 Å². The summed E-state index contributed by atoms with van der Waals surface area (Å²) in [4.78, 5) is 2.16. The Labute approximate surface area is 103 Å². The van der Waals surface area contributed by atoms with Crippen LogP contribution < -0.4 is 4.74 Å². The van der Waals surface area contributed by atoms with Crippen LogP contribution in [0.2, 0.25) is 0 Å². The van der Waals surface area contributed by atoms with E-state index in [2.05, 4.69) is 17.5 Å². The van der Waals surface area contributed by atoms with E-state index < -0.39 is 0 Å². The van der Waals surface area contributed by atoms with Gasteiger partial charge in [-0.25, -0.2) is 0 Å². The van der Waals surface area contributed by atoms with Crippen molar-refractivity contribution in [3.8, 4) is 5.75 Å². The van der Waals surface area contributed by atoms with E-state index in [-0.39, 0.29) is 0 Å². The Balaban J connectivity index is 2.19. The van der Waals surface area contributed by atoms with Gasteiger partial charge in [-0.3, -0.25) is 0 Å². The van der Waals surface area contributed by atoms with E-state index in [4.69, 9.17) is 4.74 Å². The van der Waals surface area contributed by atoms with Gasteiger partial charge in [0.15, 0.2) is 6.73 Å². The highest BCUT2D eigenvalue weighted by Crippen LogP contribution is 2.26. The summed E-state index contributed by atoms with van der Waals surface area (Å²) < 4.78 is 5.71. The van der Waals surface area contributed by atoms with Gasteiger partial charge in [-0.1, -0.05) is 36.9 Å². The quantitative estimate of drug-likeness (QED) is 0.733. The molecule has 0 N–H and O–H groups in total. The number of allylic oxidation sites excluding steroid dienone is 4. The minimum absolute atomic E-state index is 0.576. The first kappa shape index (κ1) is 11.5. The van der Waals surface area contributed by atoms with Gasteiger partial charge < -0.3 is 9.64 Å². The number of nitrogens with zero attached hydrogens (tertiary/aromatic N) is 1. The first-order valence-corrected chi connectivity index (χ1v) is 5.76. The summed E-state index contributed by atoms with van der Waals surface area (Å²) in [6, 6.07) is 8.14. The molecule has 2 rings (SSSR count). The molecule has 1 aliphatic rings. The van der Waals surface area contributed by atoms with E-state index in [0.717, 1.165) is 18.0 Å². The molecule has 2 nitrogen and oxygen atoms in total. The minimum Gasteiger partial charge on any atom is -0.473 e. The molecule has 0 saturated carbocycles. The second-order valence-corrected chi connectivity index (χ2v) is 3.90. The van der Waals surface area contributed by atoms with E-state index in [9.17, 15) is 0 Å². The molecule has 88 valence electrons. The second-order valence-electron chi connectivity index (χ2n) is 3.90. The van der Waals surface area contributed by atoms with Gasteiger partial charge in [0.05, 0.1) is 0 Å². The third-order valence-corrected chi connectivity index (χ3v) is 2.74. The van der Waals surface area contributed by atoms with Crippen LogP contribution in [0.15, 0.2) is 60.8 Å². The first-order chi connectivity index (χ1) is 8.35. The van der Waals surface area contributed by atoms with Crippen molar-refractivity contribution in [2.45, 2.75) is 13.5 Å². The third-order valence-electron chi connectivity index (χ3n) is 2.74. The summed E-state index contributed by atoms with van der Waals surface area (Å²) in [7, 11) is 0. The number of para-hydroxylation sites is 1. The Kier molecular flexibility index (Phi) is 3.66. The fraction of sp³-hybridized carbons (Fsp3) is 0.200. The Morgan fingerprint density at radius 2 is 2.24 bits per heavy atom. The molecule has 0 bridgehead atoms. The molecule has 1 heterocycles. The Hall–Kier alpha value is -1.96. The average Bonchev–Trinajstić information content (AvgIpc) is 2.39. The van der Waals surface area contributed by atoms with E-state index in [1.807, 2.05) is 49.4 Å². The van der Waals surface area contributed by atoms with E-state index in [1.165, 1.54) is 5.56 Å². The standard InChI is InChI=1S/C15H17NO/c1-3-5-9-14(4-2)16-11-13-8-6-7-10-15(13)17-12-16/h3-10H,2,11-12H2,1H3/b5-3-,14-9+. The maximum Gasteiger partial charge on any atom is 0.161 e. The number of hydrogen-bond donors (Lipinski definition) is 0. The van der Waals surface area contributed by atoms with Gasteiger partial charge in [-0.05, 0) is 25.1 Å². The number of benzene rings is 1. The SMILES string of the molecule is C=C/C(=C\C=C/C)N1COc2ccccc2C1. The Morgan fingerprint density at radius 1 is 1.41 bits per heavy atom. The molecule has 1 aliphatic heterocycles. The lowest BCUT2D eigenvalue weighted by Crippen LogP contribution is -2.30. The molecule has 0 spiro atoms.